The number of sulfonamides is 1. The van der Waals surface area contributed by atoms with Crippen LogP contribution in [0.5, 0.6) is 0 Å². The third-order valence-corrected chi connectivity index (χ3v) is 7.15. The number of carbonyl (C=O) groups excluding carboxylic acids is 4. The maximum Gasteiger partial charge on any atom is 0.306 e. The van der Waals surface area contributed by atoms with Crippen molar-refractivity contribution in [1.82, 2.24) is 15.0 Å². The van der Waals surface area contributed by atoms with Gasteiger partial charge in [0.05, 0.1) is 11.1 Å². The van der Waals surface area contributed by atoms with Crippen LogP contribution in [0.25, 0.3) is 11.3 Å². The molecule has 1 aromatic heterocycles. The van der Waals surface area contributed by atoms with Gasteiger partial charge in [0.25, 0.3) is 0 Å². The molecule has 3 rings (SSSR count). The average molecular weight is 611 g/mol. The van der Waals surface area contributed by atoms with Crippen molar-refractivity contribution in [3.8, 4) is 11.3 Å². The summed E-state index contributed by atoms with van der Waals surface area (Å²) in [5, 5.41) is 13.4. The average Bonchev–Trinajstić information content (AvgIpc) is 3.47. The Morgan fingerprint density at radius 1 is 0.833 bits per heavy atom. The van der Waals surface area contributed by atoms with Crippen LogP contribution in [-0.4, -0.2) is 78.3 Å². The van der Waals surface area contributed by atoms with Gasteiger partial charge in [-0.1, -0.05) is 45.0 Å². The van der Waals surface area contributed by atoms with Crippen molar-refractivity contribution in [3.63, 3.8) is 0 Å². The third-order valence-electron chi connectivity index (χ3n) is 6.22. The quantitative estimate of drug-likeness (QED) is 0.267. The van der Waals surface area contributed by atoms with Gasteiger partial charge < -0.3 is 23.7 Å². The summed E-state index contributed by atoms with van der Waals surface area (Å²) in [7, 11) is -3.91. The molecule has 1 saturated heterocycles. The van der Waals surface area contributed by atoms with E-state index in [1.165, 1.54) is 35.1 Å². The van der Waals surface area contributed by atoms with Gasteiger partial charge in [0.1, 0.15) is 18.4 Å². The second-order valence-electron chi connectivity index (χ2n) is 9.18. The summed E-state index contributed by atoms with van der Waals surface area (Å²) in [6, 6.07) is 5.56. The molecule has 42 heavy (non-hydrogen) atoms. The van der Waals surface area contributed by atoms with Gasteiger partial charge in [0.15, 0.2) is 24.5 Å². The summed E-state index contributed by atoms with van der Waals surface area (Å²) in [6.45, 7) is 5.91. The highest BCUT2D eigenvalue weighted by atomic mass is 32.2. The molecule has 1 aliphatic heterocycles. The lowest BCUT2D eigenvalue weighted by Gasteiger charge is -2.44. The number of aromatic nitrogens is 3. The van der Waals surface area contributed by atoms with E-state index in [1.807, 2.05) is 0 Å². The number of esters is 4. The molecule has 0 saturated carbocycles. The number of hydrogen-bond donors (Lipinski definition) is 1. The molecule has 1 fully saturated rings. The zero-order valence-corrected chi connectivity index (χ0v) is 24.4. The van der Waals surface area contributed by atoms with Crippen LogP contribution in [-0.2, 0) is 52.9 Å². The lowest BCUT2D eigenvalue weighted by Crippen LogP contribution is -2.60. The Kier molecular flexibility index (Phi) is 11.1. The first-order chi connectivity index (χ1) is 19.9. The Morgan fingerprint density at radius 2 is 1.36 bits per heavy atom. The van der Waals surface area contributed by atoms with Gasteiger partial charge in [-0.3, -0.25) is 19.2 Å². The largest absolute Gasteiger partial charge is 0.463 e. The number of ether oxygens (including phenoxy) is 5. The first-order valence-electron chi connectivity index (χ1n) is 13.4. The van der Waals surface area contributed by atoms with Crippen LogP contribution in [0.15, 0.2) is 35.4 Å². The fraction of sp³-hybridized carbons (Fsp3) is 0.538. The van der Waals surface area contributed by atoms with E-state index in [1.54, 1.807) is 27.7 Å². The number of nitrogens with zero attached hydrogens (tertiary/aromatic N) is 3. The summed E-state index contributed by atoms with van der Waals surface area (Å²) in [6.07, 6.45) is -5.06. The molecule has 0 spiro atoms. The second kappa shape index (κ2) is 14.3. The minimum atomic E-state index is -3.91. The normalized spacial score (nSPS) is 22.2. The molecule has 0 aliphatic carbocycles. The molecule has 5 atom stereocenters. The second-order valence-corrected chi connectivity index (χ2v) is 10.7. The molecule has 0 unspecified atom stereocenters. The van der Waals surface area contributed by atoms with Crippen molar-refractivity contribution in [2.75, 3.05) is 6.61 Å². The molecule has 1 aromatic carbocycles. The minimum absolute atomic E-state index is 0.0219. The number of hydrogen-bond acceptors (Lipinski definition) is 13. The van der Waals surface area contributed by atoms with Crippen LogP contribution in [0, 0.1) is 0 Å². The number of primary sulfonamides is 1. The predicted molar refractivity (Wildman–Crippen MR) is 143 cm³/mol. The van der Waals surface area contributed by atoms with Crippen LogP contribution in [0.2, 0.25) is 0 Å². The standard InChI is InChI=1S/C26H34N4O11S/c1-5-19(31)37-14-18-23(39-20(32)6-2)24(40-21(33)7-3)25(41-22(34)8-4)26(38-18)30-13-17(28-29-30)15-9-11-16(12-10-15)42(27,35)36/h9-13,18,23-26H,5-8,14H2,1-4H3,(H2,27,35,36)/t18-,23+,24+,25-,26-/m1/s1. The Morgan fingerprint density at radius 3 is 1.88 bits per heavy atom. The molecule has 1 aliphatic rings. The molecular weight excluding hydrogens is 576 g/mol. The summed E-state index contributed by atoms with van der Waals surface area (Å²) in [5.74, 6) is -2.54. The zero-order chi connectivity index (χ0) is 31.0. The third kappa shape index (κ3) is 8.10. The fourth-order valence-corrected chi connectivity index (χ4v) is 4.49. The van der Waals surface area contributed by atoms with E-state index < -0.39 is 64.5 Å². The van der Waals surface area contributed by atoms with Crippen molar-refractivity contribution in [3.05, 3.63) is 30.5 Å². The van der Waals surface area contributed by atoms with E-state index in [-0.39, 0.29) is 42.9 Å². The SMILES string of the molecule is CCC(=O)OC[C@H]1O[C@@H](n2cc(-c3ccc(S(N)(=O)=O)cc3)nn2)[C@H](OC(=O)CC)[C@@H](OC(=O)CC)[C@H]1OC(=O)CC. The van der Waals surface area contributed by atoms with E-state index in [2.05, 4.69) is 10.3 Å². The van der Waals surface area contributed by atoms with E-state index in [9.17, 15) is 27.6 Å². The zero-order valence-electron chi connectivity index (χ0n) is 23.6. The smallest absolute Gasteiger partial charge is 0.306 e. The highest BCUT2D eigenvalue weighted by Gasteiger charge is 2.53. The summed E-state index contributed by atoms with van der Waals surface area (Å²) >= 11 is 0. The molecule has 230 valence electrons. The number of carbonyl (C=O) groups is 4. The van der Waals surface area contributed by atoms with Gasteiger partial charge in [-0.15, -0.1) is 5.10 Å². The predicted octanol–water partition coefficient (Wildman–Crippen LogP) is 1.41. The Balaban J connectivity index is 2.07. The Hall–Kier alpha value is -3.89. The van der Waals surface area contributed by atoms with E-state index in [0.717, 1.165) is 0 Å². The van der Waals surface area contributed by atoms with Gasteiger partial charge in [0.2, 0.25) is 10.0 Å². The highest BCUT2D eigenvalue weighted by molar-refractivity contribution is 7.89. The summed E-state index contributed by atoms with van der Waals surface area (Å²) < 4.78 is 52.8. The molecule has 0 amide bonds. The van der Waals surface area contributed by atoms with Gasteiger partial charge >= 0.3 is 23.9 Å². The first kappa shape index (κ1) is 32.6. The maximum atomic E-state index is 12.5. The molecule has 2 N–H and O–H groups in total. The van der Waals surface area contributed by atoms with Gasteiger partial charge in [-0.2, -0.15) is 0 Å². The van der Waals surface area contributed by atoms with Crippen LogP contribution in [0.3, 0.4) is 0 Å². The van der Waals surface area contributed by atoms with E-state index >= 15 is 0 Å². The van der Waals surface area contributed by atoms with E-state index in [4.69, 9.17) is 28.8 Å². The van der Waals surface area contributed by atoms with Gasteiger partial charge in [-0.05, 0) is 12.1 Å². The Labute approximate surface area is 242 Å². The minimum Gasteiger partial charge on any atom is -0.463 e. The van der Waals surface area contributed by atoms with Crippen LogP contribution < -0.4 is 5.14 Å². The molecular formula is C26H34N4O11S. The molecule has 15 nitrogen and oxygen atoms in total. The van der Waals surface area contributed by atoms with Gasteiger partial charge in [0, 0.05) is 31.2 Å². The van der Waals surface area contributed by atoms with Crippen LogP contribution in [0.4, 0.5) is 0 Å². The number of benzene rings is 1. The number of nitrogens with two attached hydrogens (primary N) is 1. The summed E-state index contributed by atoms with van der Waals surface area (Å²) in [5.41, 5.74) is 0.763. The molecule has 0 radical (unpaired) electrons. The van der Waals surface area contributed by atoms with Gasteiger partial charge in [-0.25, -0.2) is 18.2 Å². The van der Waals surface area contributed by atoms with Crippen LogP contribution in [0.1, 0.15) is 59.6 Å². The Bertz CT molecular complexity index is 1380. The van der Waals surface area contributed by atoms with Crippen molar-refractivity contribution < 1.29 is 51.3 Å². The van der Waals surface area contributed by atoms with Crippen molar-refractivity contribution in [1.29, 1.82) is 0 Å². The topological polar surface area (TPSA) is 205 Å². The molecule has 2 heterocycles. The van der Waals surface area contributed by atoms with Crippen molar-refractivity contribution in [2.45, 2.75) is 88.9 Å². The molecule has 2 aromatic rings. The summed E-state index contributed by atoms with van der Waals surface area (Å²) in [4.78, 5) is 49.3. The lowest BCUT2D eigenvalue weighted by molar-refractivity contribution is -0.271. The molecule has 16 heteroatoms. The highest BCUT2D eigenvalue weighted by Crippen LogP contribution is 2.35. The number of rotatable bonds is 12. The van der Waals surface area contributed by atoms with Crippen molar-refractivity contribution in [2.24, 2.45) is 5.14 Å². The van der Waals surface area contributed by atoms with Crippen molar-refractivity contribution >= 4 is 33.9 Å². The fourth-order valence-electron chi connectivity index (χ4n) is 3.98. The lowest BCUT2D eigenvalue weighted by atomic mass is 9.97. The maximum absolute atomic E-state index is 12.5. The van der Waals surface area contributed by atoms with E-state index in [0.29, 0.717) is 5.56 Å². The first-order valence-corrected chi connectivity index (χ1v) is 14.9. The molecule has 0 bridgehead atoms. The monoisotopic (exact) mass is 610 g/mol. The van der Waals surface area contributed by atoms with Crippen LogP contribution >= 0.6 is 0 Å².